The van der Waals surface area contributed by atoms with Crippen molar-refractivity contribution in [1.29, 1.82) is 0 Å². The highest BCUT2D eigenvalue weighted by Crippen LogP contribution is 2.16. The van der Waals surface area contributed by atoms with E-state index in [2.05, 4.69) is 0 Å². The zero-order valence-corrected chi connectivity index (χ0v) is 13.2. The van der Waals surface area contributed by atoms with Gasteiger partial charge < -0.3 is 9.47 Å². The number of nitro benzene ring substituents is 1. The van der Waals surface area contributed by atoms with E-state index < -0.39 is 10.9 Å². The highest BCUT2D eigenvalue weighted by Gasteiger charge is 2.03. The summed E-state index contributed by atoms with van der Waals surface area (Å²) in [5.41, 5.74) is 1.69. The van der Waals surface area contributed by atoms with Gasteiger partial charge in [-0.25, -0.2) is 4.79 Å². The molecule has 0 aliphatic rings. The van der Waals surface area contributed by atoms with Crippen molar-refractivity contribution in [2.75, 3.05) is 13.2 Å². The lowest BCUT2D eigenvalue weighted by Gasteiger charge is -2.08. The summed E-state index contributed by atoms with van der Waals surface area (Å²) < 4.78 is 10.5. The molecule has 2 aromatic carbocycles. The number of nitrogens with zero attached hydrogens (tertiary/aromatic N) is 1. The second kappa shape index (κ2) is 8.47. The zero-order valence-electron chi connectivity index (χ0n) is 13.2. The van der Waals surface area contributed by atoms with Crippen LogP contribution in [0.3, 0.4) is 0 Å². The fourth-order valence-electron chi connectivity index (χ4n) is 1.93. The van der Waals surface area contributed by atoms with Crippen LogP contribution < -0.4 is 4.74 Å². The van der Waals surface area contributed by atoms with Gasteiger partial charge in [-0.3, -0.25) is 10.1 Å². The minimum absolute atomic E-state index is 0.00285. The second-order valence-electron chi connectivity index (χ2n) is 4.96. The van der Waals surface area contributed by atoms with Crippen molar-refractivity contribution in [3.05, 3.63) is 75.8 Å². The molecular weight excluding hydrogens is 310 g/mol. The van der Waals surface area contributed by atoms with Gasteiger partial charge >= 0.3 is 5.97 Å². The number of hydrogen-bond donors (Lipinski definition) is 0. The molecule has 0 radical (unpaired) electrons. The van der Waals surface area contributed by atoms with Gasteiger partial charge in [0.2, 0.25) is 0 Å². The molecule has 124 valence electrons. The quantitative estimate of drug-likeness (QED) is 0.255. The Morgan fingerprint density at radius 1 is 1.12 bits per heavy atom. The summed E-state index contributed by atoms with van der Waals surface area (Å²) >= 11 is 0. The predicted molar refractivity (Wildman–Crippen MR) is 89.8 cm³/mol. The number of nitro groups is 1. The number of non-ortho nitro benzene ring substituents is 1. The largest absolute Gasteiger partial charge is 0.490 e. The van der Waals surface area contributed by atoms with Gasteiger partial charge in [0, 0.05) is 18.2 Å². The van der Waals surface area contributed by atoms with E-state index in [4.69, 9.17) is 9.47 Å². The van der Waals surface area contributed by atoms with Crippen molar-refractivity contribution in [3.8, 4) is 5.75 Å². The fourth-order valence-corrected chi connectivity index (χ4v) is 1.93. The molecule has 0 spiro atoms. The number of carbonyl (C=O) groups excluding carboxylic acids is 1. The van der Waals surface area contributed by atoms with Gasteiger partial charge in [0.1, 0.15) is 19.0 Å². The first-order chi connectivity index (χ1) is 11.6. The number of carbonyl (C=O) groups is 1. The zero-order chi connectivity index (χ0) is 17.4. The Labute approximate surface area is 139 Å². The van der Waals surface area contributed by atoms with Crippen LogP contribution in [0.1, 0.15) is 11.1 Å². The Morgan fingerprint density at radius 3 is 2.50 bits per heavy atom. The molecule has 0 saturated heterocycles. The minimum atomic E-state index is -0.498. The van der Waals surface area contributed by atoms with E-state index in [9.17, 15) is 14.9 Å². The maximum absolute atomic E-state index is 11.6. The van der Waals surface area contributed by atoms with E-state index in [0.717, 1.165) is 11.3 Å². The van der Waals surface area contributed by atoms with Crippen LogP contribution in [0.25, 0.3) is 6.08 Å². The maximum Gasteiger partial charge on any atom is 0.330 e. The topological polar surface area (TPSA) is 78.7 Å². The summed E-state index contributed by atoms with van der Waals surface area (Å²) in [6.07, 6.45) is 2.81. The Hall–Kier alpha value is -3.15. The van der Waals surface area contributed by atoms with Gasteiger partial charge in [-0.15, -0.1) is 0 Å². The van der Waals surface area contributed by atoms with Crippen LogP contribution in [0.4, 0.5) is 5.69 Å². The molecule has 2 aromatic rings. The lowest BCUT2D eigenvalue weighted by molar-refractivity contribution is -0.384. The Balaban J connectivity index is 1.74. The first-order valence-electron chi connectivity index (χ1n) is 7.34. The summed E-state index contributed by atoms with van der Waals surface area (Å²) in [5.74, 6) is 0.261. The lowest BCUT2D eigenvalue weighted by atomic mass is 10.2. The molecule has 0 N–H and O–H groups in total. The van der Waals surface area contributed by atoms with Crippen molar-refractivity contribution in [1.82, 2.24) is 0 Å². The Kier molecular flexibility index (Phi) is 6.08. The first kappa shape index (κ1) is 17.2. The number of para-hydroxylation sites is 1. The molecule has 0 atom stereocenters. The third-order valence-corrected chi connectivity index (χ3v) is 3.19. The summed E-state index contributed by atoms with van der Waals surface area (Å²) in [5, 5.41) is 10.6. The fraction of sp³-hybridized carbons (Fsp3) is 0.167. The van der Waals surface area contributed by atoms with Gasteiger partial charge in [-0.1, -0.05) is 18.2 Å². The molecule has 0 aliphatic carbocycles. The van der Waals surface area contributed by atoms with Gasteiger partial charge in [0.05, 0.1) is 4.92 Å². The van der Waals surface area contributed by atoms with E-state index in [1.807, 2.05) is 31.2 Å². The molecule has 0 bridgehead atoms. The van der Waals surface area contributed by atoms with Crippen molar-refractivity contribution in [3.63, 3.8) is 0 Å². The summed E-state index contributed by atoms with van der Waals surface area (Å²) in [6.45, 7) is 2.34. The van der Waals surface area contributed by atoms with Crippen molar-refractivity contribution >= 4 is 17.7 Å². The van der Waals surface area contributed by atoms with Gasteiger partial charge in [-0.2, -0.15) is 0 Å². The number of hydrogen-bond acceptors (Lipinski definition) is 5. The van der Waals surface area contributed by atoms with E-state index in [1.165, 1.54) is 24.3 Å². The molecule has 2 rings (SSSR count). The molecule has 0 aromatic heterocycles. The number of aryl methyl sites for hydroxylation is 1. The molecule has 6 nitrogen and oxygen atoms in total. The molecule has 0 saturated carbocycles. The molecule has 0 amide bonds. The number of esters is 1. The lowest BCUT2D eigenvalue weighted by Crippen LogP contribution is -2.10. The van der Waals surface area contributed by atoms with Crippen LogP contribution in [0.2, 0.25) is 0 Å². The average molecular weight is 327 g/mol. The van der Waals surface area contributed by atoms with Crippen LogP contribution in [0, 0.1) is 17.0 Å². The monoisotopic (exact) mass is 327 g/mol. The van der Waals surface area contributed by atoms with Crippen LogP contribution in [0.5, 0.6) is 5.75 Å². The third-order valence-electron chi connectivity index (χ3n) is 3.19. The molecular formula is C18H17NO5. The number of benzene rings is 2. The smallest absolute Gasteiger partial charge is 0.330 e. The maximum atomic E-state index is 11.6. The normalized spacial score (nSPS) is 10.5. The molecule has 6 heteroatoms. The van der Waals surface area contributed by atoms with Gasteiger partial charge in [-0.05, 0) is 42.3 Å². The highest BCUT2D eigenvalue weighted by atomic mass is 16.6. The number of ether oxygens (including phenoxy) is 2. The minimum Gasteiger partial charge on any atom is -0.490 e. The van der Waals surface area contributed by atoms with Crippen molar-refractivity contribution in [2.45, 2.75) is 6.92 Å². The molecule has 0 aliphatic heterocycles. The average Bonchev–Trinajstić information content (AvgIpc) is 2.58. The van der Waals surface area contributed by atoms with Crippen molar-refractivity contribution in [2.24, 2.45) is 0 Å². The van der Waals surface area contributed by atoms with E-state index in [1.54, 1.807) is 12.1 Å². The molecule has 0 heterocycles. The van der Waals surface area contributed by atoms with Crippen LogP contribution in [0.15, 0.2) is 54.6 Å². The Bertz CT molecular complexity index is 737. The van der Waals surface area contributed by atoms with E-state index in [-0.39, 0.29) is 18.9 Å². The summed E-state index contributed by atoms with van der Waals surface area (Å²) in [6, 6.07) is 13.5. The first-order valence-corrected chi connectivity index (χ1v) is 7.34. The standard InChI is InChI=1S/C18H17NO5/c1-14-4-2-3-5-17(14)23-12-13-24-18(20)11-8-15-6-9-16(10-7-15)19(21)22/h2-11H,12-13H2,1H3/b11-8+. The second-order valence-corrected chi connectivity index (χ2v) is 4.96. The number of rotatable bonds is 7. The summed E-state index contributed by atoms with van der Waals surface area (Å²) in [7, 11) is 0. The summed E-state index contributed by atoms with van der Waals surface area (Å²) in [4.78, 5) is 21.7. The van der Waals surface area contributed by atoms with E-state index in [0.29, 0.717) is 5.56 Å². The van der Waals surface area contributed by atoms with Crippen molar-refractivity contribution < 1.29 is 19.2 Å². The predicted octanol–water partition coefficient (Wildman–Crippen LogP) is 3.54. The SMILES string of the molecule is Cc1ccccc1OCCOC(=O)/C=C/c1ccc([N+](=O)[O-])cc1. The third kappa shape index (κ3) is 5.24. The molecule has 0 fully saturated rings. The highest BCUT2D eigenvalue weighted by molar-refractivity contribution is 5.87. The molecule has 0 unspecified atom stereocenters. The Morgan fingerprint density at radius 2 is 1.83 bits per heavy atom. The van der Waals surface area contributed by atoms with Gasteiger partial charge in [0.15, 0.2) is 0 Å². The van der Waals surface area contributed by atoms with Crippen LogP contribution >= 0.6 is 0 Å². The van der Waals surface area contributed by atoms with E-state index >= 15 is 0 Å². The van der Waals surface area contributed by atoms with Gasteiger partial charge in [0.25, 0.3) is 5.69 Å². The van der Waals surface area contributed by atoms with Crippen LogP contribution in [-0.4, -0.2) is 24.1 Å². The molecule has 24 heavy (non-hydrogen) atoms. The van der Waals surface area contributed by atoms with Crippen LogP contribution in [-0.2, 0) is 9.53 Å².